The summed E-state index contributed by atoms with van der Waals surface area (Å²) in [6.07, 6.45) is 5.74. The van der Waals surface area contributed by atoms with Crippen LogP contribution in [0, 0.1) is 11.8 Å². The van der Waals surface area contributed by atoms with Crippen LogP contribution in [0.15, 0.2) is 55.6 Å². The topological polar surface area (TPSA) is 135 Å². The van der Waals surface area contributed by atoms with E-state index >= 15 is 0 Å². The van der Waals surface area contributed by atoms with E-state index in [2.05, 4.69) is 41.3 Å². The van der Waals surface area contributed by atoms with Crippen molar-refractivity contribution in [2.24, 2.45) is 11.8 Å². The number of likely N-dealkylation sites (tertiary alicyclic amines) is 1. The zero-order valence-corrected chi connectivity index (χ0v) is 29.6. The van der Waals surface area contributed by atoms with Crippen LogP contribution in [0.2, 0.25) is 0 Å². The average Bonchev–Trinajstić information content (AvgIpc) is 3.67. The number of benzene rings is 1. The molecule has 2 bridgehead atoms. The minimum atomic E-state index is -1.26. The second kappa shape index (κ2) is 17.6. The van der Waals surface area contributed by atoms with E-state index in [9.17, 15) is 24.3 Å². The molecule has 48 heavy (non-hydrogen) atoms. The van der Waals surface area contributed by atoms with Crippen LogP contribution >= 0.6 is 15.9 Å². The minimum Gasteiger partial charge on any atom is -0.455 e. The standard InChI is InChI=1S/C36H50BrN3O8/c1-5-8-13-19-39(18-7-3)34(44)32-36-22-25(37)31(48-36)28(29(36)33(43)40(32)20-14-21-41)35(45)47-30(24-15-11-10-12-16-24)26(23-46-4)38-27(42)17-9-6-2/h6-7,10-12,15-16,25-26,28-32,41H,2-3,5,8-9,13-14,17-23H2,1,4H3,(H,38,42)/t25?,26-,28-,29+,30-,31-,32-,36+/m0/s1. The molecule has 1 unspecified atom stereocenters. The molecule has 2 N–H and O–H groups in total. The maximum Gasteiger partial charge on any atom is 0.313 e. The van der Waals surface area contributed by atoms with Crippen LogP contribution in [0.4, 0.5) is 0 Å². The lowest BCUT2D eigenvalue weighted by Crippen LogP contribution is -2.57. The monoisotopic (exact) mass is 731 g/mol. The van der Waals surface area contributed by atoms with Crippen molar-refractivity contribution in [3.05, 3.63) is 61.2 Å². The number of allylic oxidation sites excluding steroid dienone is 1. The first-order chi connectivity index (χ1) is 23.2. The third-order valence-corrected chi connectivity index (χ3v) is 10.4. The zero-order valence-electron chi connectivity index (χ0n) is 28.1. The Morgan fingerprint density at radius 1 is 1.21 bits per heavy atom. The van der Waals surface area contributed by atoms with E-state index in [4.69, 9.17) is 14.2 Å². The van der Waals surface area contributed by atoms with Crippen LogP contribution in [-0.2, 0) is 33.4 Å². The molecule has 264 valence electrons. The summed E-state index contributed by atoms with van der Waals surface area (Å²) in [7, 11) is 1.50. The van der Waals surface area contributed by atoms with E-state index in [1.807, 2.05) is 18.2 Å². The van der Waals surface area contributed by atoms with Gasteiger partial charge < -0.3 is 34.4 Å². The molecule has 0 radical (unpaired) electrons. The SMILES string of the molecule is C=CCCC(=O)N[C@@H](COC)[C@@H](OC(=O)[C@@H]1[C@H]2O[C@@]3(CC2Br)[C@H](C(=O)N(CC=C)CCCCC)N(CCCO)C(=O)[C@@H]13)c1ccccc1. The molecular weight excluding hydrogens is 682 g/mol. The Bertz CT molecular complexity index is 1300. The van der Waals surface area contributed by atoms with E-state index in [1.54, 1.807) is 29.2 Å². The Hall–Kier alpha value is -3.06. The molecule has 8 atom stereocenters. The highest BCUT2D eigenvalue weighted by Crippen LogP contribution is 2.60. The lowest BCUT2D eigenvalue weighted by atomic mass is 9.70. The summed E-state index contributed by atoms with van der Waals surface area (Å²) < 4.78 is 18.4. The molecule has 12 heteroatoms. The smallest absolute Gasteiger partial charge is 0.313 e. The van der Waals surface area contributed by atoms with Gasteiger partial charge in [0.05, 0.1) is 30.6 Å². The van der Waals surface area contributed by atoms with Crippen molar-refractivity contribution < 1.29 is 38.5 Å². The molecule has 0 saturated carbocycles. The van der Waals surface area contributed by atoms with Crippen LogP contribution < -0.4 is 5.32 Å². The van der Waals surface area contributed by atoms with Crippen molar-refractivity contribution in [3.8, 4) is 0 Å². The molecule has 0 aliphatic carbocycles. The molecule has 3 heterocycles. The molecule has 3 aliphatic heterocycles. The fraction of sp³-hybridized carbons (Fsp3) is 0.611. The zero-order chi connectivity index (χ0) is 34.8. The molecule has 4 rings (SSSR count). The van der Waals surface area contributed by atoms with Gasteiger partial charge >= 0.3 is 5.97 Å². The lowest BCUT2D eigenvalue weighted by molar-refractivity contribution is -0.163. The van der Waals surface area contributed by atoms with E-state index in [1.165, 1.54) is 12.0 Å². The molecule has 11 nitrogen and oxygen atoms in total. The van der Waals surface area contributed by atoms with Crippen molar-refractivity contribution in [2.75, 3.05) is 40.0 Å². The van der Waals surface area contributed by atoms with Crippen molar-refractivity contribution in [1.29, 1.82) is 0 Å². The number of aliphatic hydroxyl groups excluding tert-OH is 1. The number of carbonyl (C=O) groups is 4. The molecule has 3 fully saturated rings. The normalized spacial score (nSPS) is 26.9. The minimum absolute atomic E-state index is 0.0628. The molecule has 1 aromatic rings. The number of hydrogen-bond donors (Lipinski definition) is 2. The van der Waals surface area contributed by atoms with Crippen molar-refractivity contribution in [2.45, 2.75) is 86.6 Å². The van der Waals surface area contributed by atoms with Gasteiger partial charge in [0.1, 0.15) is 17.7 Å². The second-order valence-corrected chi connectivity index (χ2v) is 14.0. The number of fused-ring (bicyclic) bond motifs is 1. The molecule has 3 saturated heterocycles. The van der Waals surface area contributed by atoms with Crippen LogP contribution in [0.3, 0.4) is 0 Å². The fourth-order valence-electron chi connectivity index (χ4n) is 7.46. The highest BCUT2D eigenvalue weighted by Gasteiger charge is 2.77. The van der Waals surface area contributed by atoms with Crippen molar-refractivity contribution in [3.63, 3.8) is 0 Å². The predicted octanol–water partition coefficient (Wildman–Crippen LogP) is 3.70. The van der Waals surface area contributed by atoms with Gasteiger partial charge in [0.15, 0.2) is 0 Å². The highest BCUT2D eigenvalue weighted by molar-refractivity contribution is 9.09. The van der Waals surface area contributed by atoms with E-state index < -0.39 is 47.7 Å². The fourth-order valence-corrected chi connectivity index (χ4v) is 8.40. The number of nitrogens with one attached hydrogen (secondary N) is 1. The third kappa shape index (κ3) is 7.87. The summed E-state index contributed by atoms with van der Waals surface area (Å²) in [5.74, 6) is -3.48. The van der Waals surface area contributed by atoms with Gasteiger partial charge in [-0.1, -0.05) is 78.2 Å². The Balaban J connectivity index is 1.69. The summed E-state index contributed by atoms with van der Waals surface area (Å²) in [6.45, 7) is 10.5. The molecule has 3 amide bonds. The van der Waals surface area contributed by atoms with Gasteiger partial charge in [-0.15, -0.1) is 13.2 Å². The maximum atomic E-state index is 14.4. The number of unbranched alkanes of at least 4 members (excludes halogenated alkanes) is 2. The second-order valence-electron chi connectivity index (χ2n) is 12.8. The number of ether oxygens (including phenoxy) is 3. The quantitative estimate of drug-likeness (QED) is 0.0898. The number of methoxy groups -OCH3 is 1. The number of alkyl halides is 1. The number of nitrogens with zero attached hydrogens (tertiary/aromatic N) is 2. The molecule has 0 aromatic heterocycles. The number of esters is 1. The summed E-state index contributed by atoms with van der Waals surface area (Å²) in [5, 5.41) is 12.7. The van der Waals surface area contributed by atoms with Gasteiger partial charge in [-0.2, -0.15) is 0 Å². The molecule has 1 aromatic carbocycles. The number of halogens is 1. The molecule has 3 aliphatic rings. The summed E-state index contributed by atoms with van der Waals surface area (Å²) >= 11 is 3.72. The first-order valence-corrected chi connectivity index (χ1v) is 17.9. The average molecular weight is 733 g/mol. The maximum absolute atomic E-state index is 14.4. The molecular formula is C36H50BrN3O8. The number of carbonyl (C=O) groups excluding carboxylic acids is 4. The summed E-state index contributed by atoms with van der Waals surface area (Å²) in [6, 6.07) is 7.39. The first-order valence-electron chi connectivity index (χ1n) is 17.0. The Morgan fingerprint density at radius 2 is 1.96 bits per heavy atom. The summed E-state index contributed by atoms with van der Waals surface area (Å²) in [5.41, 5.74) is -0.614. The first kappa shape index (κ1) is 37.8. The van der Waals surface area contributed by atoms with Crippen LogP contribution in [0.25, 0.3) is 0 Å². The number of rotatable bonds is 20. The predicted molar refractivity (Wildman–Crippen MR) is 184 cm³/mol. The van der Waals surface area contributed by atoms with E-state index in [0.717, 1.165) is 19.3 Å². The van der Waals surface area contributed by atoms with E-state index in [0.29, 0.717) is 31.5 Å². The van der Waals surface area contributed by atoms with E-state index in [-0.39, 0.29) is 55.1 Å². The van der Waals surface area contributed by atoms with Crippen LogP contribution in [0.1, 0.15) is 63.5 Å². The Labute approximate surface area is 292 Å². The van der Waals surface area contributed by atoms with Gasteiger partial charge in [0, 0.05) is 44.6 Å². The van der Waals surface area contributed by atoms with Gasteiger partial charge in [-0.3, -0.25) is 19.2 Å². The van der Waals surface area contributed by atoms with Crippen molar-refractivity contribution >= 4 is 39.6 Å². The lowest BCUT2D eigenvalue weighted by Gasteiger charge is -2.37. The van der Waals surface area contributed by atoms with Gasteiger partial charge in [0.2, 0.25) is 17.7 Å². The van der Waals surface area contributed by atoms with Crippen LogP contribution in [0.5, 0.6) is 0 Å². The number of hydrogen-bond acceptors (Lipinski definition) is 8. The highest BCUT2D eigenvalue weighted by atomic mass is 79.9. The Kier molecular flexibility index (Phi) is 13.8. The third-order valence-electron chi connectivity index (χ3n) is 9.55. The van der Waals surface area contributed by atoms with Gasteiger partial charge in [-0.25, -0.2) is 0 Å². The van der Waals surface area contributed by atoms with Gasteiger partial charge in [-0.05, 0) is 31.2 Å². The number of amides is 3. The summed E-state index contributed by atoms with van der Waals surface area (Å²) in [4.78, 5) is 58.9. The largest absolute Gasteiger partial charge is 0.455 e. The Morgan fingerprint density at radius 3 is 2.60 bits per heavy atom. The number of aliphatic hydroxyl groups is 1. The molecule has 1 spiro atoms. The van der Waals surface area contributed by atoms with Gasteiger partial charge in [0.25, 0.3) is 0 Å². The van der Waals surface area contributed by atoms with Crippen molar-refractivity contribution in [1.82, 2.24) is 15.1 Å². The van der Waals surface area contributed by atoms with Crippen LogP contribution in [-0.4, -0.2) is 107 Å².